The van der Waals surface area contributed by atoms with E-state index in [1.54, 1.807) is 0 Å². The molecule has 0 aliphatic heterocycles. The van der Waals surface area contributed by atoms with E-state index in [0.29, 0.717) is 0 Å². The van der Waals surface area contributed by atoms with Crippen molar-refractivity contribution in [3.05, 3.63) is 41.1 Å². The van der Waals surface area contributed by atoms with E-state index in [1.165, 1.54) is 6.20 Å². The molecule has 0 bridgehead atoms. The first-order valence-corrected chi connectivity index (χ1v) is 6.73. The Bertz CT molecular complexity index is 535. The number of nitrogens with zero attached hydrogens (tertiary/aromatic N) is 1. The molecule has 4 nitrogen and oxygen atoms in total. The lowest BCUT2D eigenvalue weighted by molar-refractivity contribution is -0.117. The van der Waals surface area contributed by atoms with Crippen molar-refractivity contribution in [1.29, 1.82) is 5.26 Å². The predicted octanol–water partition coefficient (Wildman–Crippen LogP) is 3.04. The maximum absolute atomic E-state index is 11.9. The molecule has 1 unspecified atom stereocenters. The molecule has 0 aromatic heterocycles. The summed E-state index contributed by atoms with van der Waals surface area (Å²) >= 11 is 0. The van der Waals surface area contributed by atoms with Crippen molar-refractivity contribution in [2.45, 2.75) is 40.2 Å². The molecule has 1 aromatic carbocycles. The average molecular weight is 271 g/mol. The van der Waals surface area contributed by atoms with E-state index in [2.05, 4.69) is 10.6 Å². The molecule has 2 N–H and O–H groups in total. The Labute approximate surface area is 120 Å². The second-order valence-corrected chi connectivity index (χ2v) is 4.86. The lowest BCUT2D eigenvalue weighted by Gasteiger charge is -2.12. The van der Waals surface area contributed by atoms with Gasteiger partial charge in [0.2, 0.25) is 0 Å². The average Bonchev–Trinajstić information content (AvgIpc) is 2.42. The van der Waals surface area contributed by atoms with Crippen LogP contribution in [-0.4, -0.2) is 11.9 Å². The molecule has 1 aromatic rings. The highest BCUT2D eigenvalue weighted by Crippen LogP contribution is 2.19. The van der Waals surface area contributed by atoms with Crippen molar-refractivity contribution in [3.63, 3.8) is 0 Å². The number of hydrogen-bond donors (Lipinski definition) is 2. The van der Waals surface area contributed by atoms with Crippen LogP contribution in [0.5, 0.6) is 0 Å². The fourth-order valence-electron chi connectivity index (χ4n) is 1.74. The number of nitriles is 1. The Kier molecular flexibility index (Phi) is 5.79. The van der Waals surface area contributed by atoms with Crippen LogP contribution in [0.15, 0.2) is 30.0 Å². The molecule has 0 radical (unpaired) electrons. The van der Waals surface area contributed by atoms with Gasteiger partial charge in [0.15, 0.2) is 0 Å². The van der Waals surface area contributed by atoms with Crippen LogP contribution in [0.3, 0.4) is 0 Å². The van der Waals surface area contributed by atoms with Gasteiger partial charge in [-0.3, -0.25) is 4.79 Å². The molecule has 4 heteroatoms. The Morgan fingerprint density at radius 3 is 2.50 bits per heavy atom. The zero-order chi connectivity index (χ0) is 15.1. The van der Waals surface area contributed by atoms with Crippen LogP contribution < -0.4 is 10.6 Å². The topological polar surface area (TPSA) is 64.9 Å². The van der Waals surface area contributed by atoms with Crippen LogP contribution in [-0.2, 0) is 4.79 Å². The summed E-state index contributed by atoms with van der Waals surface area (Å²) in [6.07, 6.45) is 2.29. The van der Waals surface area contributed by atoms with Crippen molar-refractivity contribution in [1.82, 2.24) is 5.32 Å². The molecule has 1 atom stereocenters. The molecule has 0 heterocycles. The van der Waals surface area contributed by atoms with Gasteiger partial charge >= 0.3 is 0 Å². The first-order chi connectivity index (χ1) is 9.49. The number of para-hydroxylation sites is 1. The summed E-state index contributed by atoms with van der Waals surface area (Å²) in [6, 6.07) is 7.92. The molecular weight excluding hydrogens is 250 g/mol. The summed E-state index contributed by atoms with van der Waals surface area (Å²) < 4.78 is 0. The Hall–Kier alpha value is -2.28. The van der Waals surface area contributed by atoms with Crippen molar-refractivity contribution in [3.8, 4) is 6.07 Å². The molecule has 0 aliphatic rings. The number of amides is 1. The molecule has 20 heavy (non-hydrogen) atoms. The van der Waals surface area contributed by atoms with E-state index in [-0.39, 0.29) is 17.5 Å². The SMILES string of the molecule is CCC(C)NC(=O)/C(C#N)=C\Nc1c(C)cccc1C. The summed E-state index contributed by atoms with van der Waals surface area (Å²) in [7, 11) is 0. The highest BCUT2D eigenvalue weighted by atomic mass is 16.1. The summed E-state index contributed by atoms with van der Waals surface area (Å²) in [6.45, 7) is 7.85. The minimum absolute atomic E-state index is 0.0550. The van der Waals surface area contributed by atoms with Crippen molar-refractivity contribution < 1.29 is 4.79 Å². The zero-order valence-corrected chi connectivity index (χ0v) is 12.4. The summed E-state index contributed by atoms with van der Waals surface area (Å²) in [5.74, 6) is -0.347. The number of rotatable bonds is 5. The van der Waals surface area contributed by atoms with E-state index >= 15 is 0 Å². The molecule has 0 fully saturated rings. The fraction of sp³-hybridized carbons (Fsp3) is 0.375. The number of benzene rings is 1. The molecule has 0 aliphatic carbocycles. The second kappa shape index (κ2) is 7.34. The van der Waals surface area contributed by atoms with Gasteiger partial charge in [-0.15, -0.1) is 0 Å². The van der Waals surface area contributed by atoms with Gasteiger partial charge in [-0.2, -0.15) is 5.26 Å². The number of aryl methyl sites for hydroxylation is 2. The molecule has 1 rings (SSSR count). The van der Waals surface area contributed by atoms with Crippen LogP contribution in [0.1, 0.15) is 31.4 Å². The Morgan fingerprint density at radius 1 is 1.40 bits per heavy atom. The van der Waals surface area contributed by atoms with Gasteiger partial charge in [0, 0.05) is 17.9 Å². The second-order valence-electron chi connectivity index (χ2n) is 4.86. The first kappa shape index (κ1) is 15.8. The van der Waals surface area contributed by atoms with Gasteiger partial charge in [0.05, 0.1) is 0 Å². The summed E-state index contributed by atoms with van der Waals surface area (Å²) in [5.41, 5.74) is 3.14. The highest BCUT2D eigenvalue weighted by molar-refractivity contribution is 5.97. The van der Waals surface area contributed by atoms with Gasteiger partial charge < -0.3 is 10.6 Å². The largest absolute Gasteiger partial charge is 0.360 e. The number of anilines is 1. The maximum atomic E-state index is 11.9. The number of carbonyl (C=O) groups excluding carboxylic acids is 1. The lowest BCUT2D eigenvalue weighted by Crippen LogP contribution is -2.33. The zero-order valence-electron chi connectivity index (χ0n) is 12.4. The predicted molar refractivity (Wildman–Crippen MR) is 81.1 cm³/mol. The van der Waals surface area contributed by atoms with E-state index in [4.69, 9.17) is 5.26 Å². The molecule has 1 amide bonds. The fourth-order valence-corrected chi connectivity index (χ4v) is 1.74. The van der Waals surface area contributed by atoms with E-state index in [9.17, 15) is 4.79 Å². The van der Waals surface area contributed by atoms with E-state index < -0.39 is 0 Å². The number of hydrogen-bond acceptors (Lipinski definition) is 3. The third kappa shape index (κ3) is 4.13. The molecule has 0 saturated heterocycles. The van der Waals surface area contributed by atoms with E-state index in [1.807, 2.05) is 52.0 Å². The van der Waals surface area contributed by atoms with Crippen LogP contribution in [0.25, 0.3) is 0 Å². The third-order valence-corrected chi connectivity index (χ3v) is 3.20. The van der Waals surface area contributed by atoms with Crippen molar-refractivity contribution in [2.75, 3.05) is 5.32 Å². The van der Waals surface area contributed by atoms with Gasteiger partial charge in [-0.1, -0.05) is 25.1 Å². The molecule has 0 saturated carbocycles. The van der Waals surface area contributed by atoms with Gasteiger partial charge in [-0.05, 0) is 38.3 Å². The third-order valence-electron chi connectivity index (χ3n) is 3.20. The minimum atomic E-state index is -0.347. The van der Waals surface area contributed by atoms with Crippen LogP contribution in [0.2, 0.25) is 0 Å². The Balaban J connectivity index is 2.86. The van der Waals surface area contributed by atoms with Gasteiger partial charge in [0.25, 0.3) is 5.91 Å². The van der Waals surface area contributed by atoms with Crippen LogP contribution in [0.4, 0.5) is 5.69 Å². The monoisotopic (exact) mass is 271 g/mol. The highest BCUT2D eigenvalue weighted by Gasteiger charge is 2.11. The van der Waals surface area contributed by atoms with E-state index in [0.717, 1.165) is 23.2 Å². The summed E-state index contributed by atoms with van der Waals surface area (Å²) in [5, 5.41) is 14.9. The number of carbonyl (C=O) groups is 1. The van der Waals surface area contributed by atoms with Gasteiger partial charge in [-0.25, -0.2) is 0 Å². The van der Waals surface area contributed by atoms with Gasteiger partial charge in [0.1, 0.15) is 11.6 Å². The molecule has 0 spiro atoms. The standard InChI is InChI=1S/C16H21N3O/c1-5-13(4)19-16(20)14(9-17)10-18-15-11(2)7-6-8-12(15)3/h6-8,10,13,18H,5H2,1-4H3,(H,19,20)/b14-10-. The quantitative estimate of drug-likeness (QED) is 0.639. The van der Waals surface area contributed by atoms with Crippen molar-refractivity contribution in [2.24, 2.45) is 0 Å². The smallest absolute Gasteiger partial charge is 0.263 e. The maximum Gasteiger partial charge on any atom is 0.263 e. The Morgan fingerprint density at radius 2 is 2.00 bits per heavy atom. The van der Waals surface area contributed by atoms with Crippen LogP contribution in [0, 0.1) is 25.2 Å². The van der Waals surface area contributed by atoms with Crippen LogP contribution >= 0.6 is 0 Å². The summed E-state index contributed by atoms with van der Waals surface area (Å²) in [4.78, 5) is 11.9. The molecular formula is C16H21N3O. The lowest BCUT2D eigenvalue weighted by atomic mass is 10.1. The number of nitrogens with one attached hydrogen (secondary N) is 2. The van der Waals surface area contributed by atoms with Crippen molar-refractivity contribution >= 4 is 11.6 Å². The molecule has 106 valence electrons. The normalized spacial score (nSPS) is 12.4. The minimum Gasteiger partial charge on any atom is -0.360 e. The first-order valence-electron chi connectivity index (χ1n) is 6.73.